The molecule has 2 rings (SSSR count). The summed E-state index contributed by atoms with van der Waals surface area (Å²) in [5.74, 6) is 0.189. The summed E-state index contributed by atoms with van der Waals surface area (Å²) in [5, 5.41) is 9.38. The van der Waals surface area contributed by atoms with Gasteiger partial charge in [-0.3, -0.25) is 9.69 Å². The van der Waals surface area contributed by atoms with Crippen molar-refractivity contribution in [2.45, 2.75) is 77.8 Å². The van der Waals surface area contributed by atoms with E-state index >= 15 is 0 Å². The molecule has 1 N–H and O–H groups in total. The van der Waals surface area contributed by atoms with E-state index in [9.17, 15) is 9.90 Å². The zero-order valence-corrected chi connectivity index (χ0v) is 12.7. The Morgan fingerprint density at radius 3 is 2.21 bits per heavy atom. The Bertz CT molecular complexity index is 313. The Balaban J connectivity index is 1.94. The summed E-state index contributed by atoms with van der Waals surface area (Å²) in [6, 6.07) is 0.296. The SMILES string of the molecule is CC(C)(C)C1CCC(N2CCCCC2C(=O)O)CC1. The van der Waals surface area contributed by atoms with Gasteiger partial charge in [-0.05, 0) is 56.4 Å². The topological polar surface area (TPSA) is 40.5 Å². The monoisotopic (exact) mass is 267 g/mol. The van der Waals surface area contributed by atoms with Crippen LogP contribution in [-0.2, 0) is 4.79 Å². The zero-order chi connectivity index (χ0) is 14.0. The molecule has 2 aliphatic rings. The van der Waals surface area contributed by atoms with Crippen LogP contribution in [0.1, 0.15) is 65.7 Å². The molecule has 1 aliphatic carbocycles. The molecule has 0 aromatic carbocycles. The fraction of sp³-hybridized carbons (Fsp3) is 0.938. The second-order valence-electron chi connectivity index (χ2n) is 7.46. The van der Waals surface area contributed by atoms with E-state index in [2.05, 4.69) is 25.7 Å². The van der Waals surface area contributed by atoms with Gasteiger partial charge in [-0.25, -0.2) is 0 Å². The summed E-state index contributed by atoms with van der Waals surface area (Å²) in [6.07, 6.45) is 7.98. The van der Waals surface area contributed by atoms with Gasteiger partial charge in [0.1, 0.15) is 6.04 Å². The molecule has 1 heterocycles. The van der Waals surface area contributed by atoms with Gasteiger partial charge in [0.05, 0.1) is 0 Å². The lowest BCUT2D eigenvalue weighted by Gasteiger charge is -2.44. The van der Waals surface area contributed by atoms with Crippen LogP contribution in [0.25, 0.3) is 0 Å². The number of nitrogens with zero attached hydrogens (tertiary/aromatic N) is 1. The first-order valence-corrected chi connectivity index (χ1v) is 7.88. The average molecular weight is 267 g/mol. The van der Waals surface area contributed by atoms with Gasteiger partial charge in [0.25, 0.3) is 0 Å². The van der Waals surface area contributed by atoms with Crippen LogP contribution in [0.3, 0.4) is 0 Å². The molecule has 0 radical (unpaired) electrons. The van der Waals surface area contributed by atoms with E-state index in [-0.39, 0.29) is 6.04 Å². The van der Waals surface area contributed by atoms with Crippen LogP contribution in [0.5, 0.6) is 0 Å². The molecule has 1 aliphatic heterocycles. The number of carboxylic acid groups (broad SMARTS) is 1. The third kappa shape index (κ3) is 3.50. The van der Waals surface area contributed by atoms with Crippen molar-refractivity contribution in [1.29, 1.82) is 0 Å². The number of likely N-dealkylation sites (tertiary alicyclic amines) is 1. The molecule has 19 heavy (non-hydrogen) atoms. The first-order valence-electron chi connectivity index (χ1n) is 7.88. The van der Waals surface area contributed by atoms with Gasteiger partial charge in [-0.15, -0.1) is 0 Å². The van der Waals surface area contributed by atoms with Gasteiger partial charge in [0, 0.05) is 6.04 Å². The van der Waals surface area contributed by atoms with Gasteiger partial charge in [0.15, 0.2) is 0 Å². The fourth-order valence-corrected chi connectivity index (χ4v) is 3.93. The highest BCUT2D eigenvalue weighted by molar-refractivity contribution is 5.73. The highest BCUT2D eigenvalue weighted by Crippen LogP contribution is 2.40. The van der Waals surface area contributed by atoms with Crippen molar-refractivity contribution in [3.63, 3.8) is 0 Å². The van der Waals surface area contributed by atoms with Gasteiger partial charge in [-0.2, -0.15) is 0 Å². The molecule has 3 nitrogen and oxygen atoms in total. The van der Waals surface area contributed by atoms with Crippen molar-refractivity contribution in [3.05, 3.63) is 0 Å². The third-order valence-electron chi connectivity index (χ3n) is 5.22. The second kappa shape index (κ2) is 5.82. The summed E-state index contributed by atoms with van der Waals surface area (Å²) in [4.78, 5) is 13.7. The first kappa shape index (κ1) is 14.8. The summed E-state index contributed by atoms with van der Waals surface area (Å²) >= 11 is 0. The van der Waals surface area contributed by atoms with E-state index in [1.54, 1.807) is 0 Å². The van der Waals surface area contributed by atoms with Crippen molar-refractivity contribution in [1.82, 2.24) is 4.90 Å². The molecule has 1 unspecified atom stereocenters. The number of hydrogen-bond acceptors (Lipinski definition) is 2. The molecule has 0 aromatic rings. The van der Waals surface area contributed by atoms with Crippen molar-refractivity contribution in [2.75, 3.05) is 6.54 Å². The number of hydrogen-bond donors (Lipinski definition) is 1. The number of carboxylic acids is 1. The Morgan fingerprint density at radius 1 is 1.05 bits per heavy atom. The standard InChI is InChI=1S/C16H29NO2/c1-16(2,3)12-7-9-13(10-8-12)17-11-5-4-6-14(17)15(18)19/h12-14H,4-11H2,1-3H3,(H,18,19). The third-order valence-corrected chi connectivity index (χ3v) is 5.22. The minimum atomic E-state index is -0.613. The van der Waals surface area contributed by atoms with E-state index in [1.165, 1.54) is 32.1 Å². The van der Waals surface area contributed by atoms with Crippen molar-refractivity contribution >= 4 is 5.97 Å². The van der Waals surface area contributed by atoms with Crippen LogP contribution in [-0.4, -0.2) is 34.6 Å². The maximum atomic E-state index is 11.4. The van der Waals surface area contributed by atoms with E-state index in [4.69, 9.17) is 0 Å². The summed E-state index contributed by atoms with van der Waals surface area (Å²) in [6.45, 7) is 7.98. The second-order valence-corrected chi connectivity index (χ2v) is 7.46. The molecule has 1 saturated carbocycles. The largest absolute Gasteiger partial charge is 0.480 e. The highest BCUT2D eigenvalue weighted by Gasteiger charge is 2.37. The lowest BCUT2D eigenvalue weighted by atomic mass is 9.71. The Labute approximate surface area is 117 Å². The van der Waals surface area contributed by atoms with E-state index in [1.807, 2.05) is 0 Å². The molecule has 2 fully saturated rings. The van der Waals surface area contributed by atoms with Crippen LogP contribution in [0.15, 0.2) is 0 Å². The van der Waals surface area contributed by atoms with Crippen LogP contribution in [0.4, 0.5) is 0 Å². The molecule has 0 spiro atoms. The van der Waals surface area contributed by atoms with Gasteiger partial charge >= 0.3 is 5.97 Å². The fourth-order valence-electron chi connectivity index (χ4n) is 3.93. The van der Waals surface area contributed by atoms with Gasteiger partial charge in [-0.1, -0.05) is 27.2 Å². The van der Waals surface area contributed by atoms with Crippen molar-refractivity contribution in [3.8, 4) is 0 Å². The molecule has 0 aromatic heterocycles. The molecule has 0 bridgehead atoms. The molecule has 1 atom stereocenters. The summed E-state index contributed by atoms with van der Waals surface area (Å²) < 4.78 is 0. The summed E-state index contributed by atoms with van der Waals surface area (Å²) in [7, 11) is 0. The number of piperidine rings is 1. The highest BCUT2D eigenvalue weighted by atomic mass is 16.4. The molecule has 3 heteroatoms. The molecular weight excluding hydrogens is 238 g/mol. The van der Waals surface area contributed by atoms with Crippen LogP contribution in [0, 0.1) is 11.3 Å². The van der Waals surface area contributed by atoms with Crippen LogP contribution in [0.2, 0.25) is 0 Å². The smallest absolute Gasteiger partial charge is 0.320 e. The molecule has 110 valence electrons. The quantitative estimate of drug-likeness (QED) is 0.832. The average Bonchev–Trinajstić information content (AvgIpc) is 2.38. The van der Waals surface area contributed by atoms with E-state index in [0.29, 0.717) is 11.5 Å². The predicted octanol–water partition coefficient (Wildman–Crippen LogP) is 3.53. The minimum absolute atomic E-state index is 0.218. The van der Waals surface area contributed by atoms with E-state index in [0.717, 1.165) is 25.3 Å². The lowest BCUT2D eigenvalue weighted by Crippen LogP contribution is -2.51. The minimum Gasteiger partial charge on any atom is -0.480 e. The number of aliphatic carboxylic acids is 1. The Kier molecular flexibility index (Phi) is 4.54. The van der Waals surface area contributed by atoms with Crippen LogP contribution >= 0.6 is 0 Å². The van der Waals surface area contributed by atoms with Crippen molar-refractivity contribution in [2.24, 2.45) is 11.3 Å². The number of rotatable bonds is 2. The maximum Gasteiger partial charge on any atom is 0.320 e. The first-order chi connectivity index (χ1) is 8.89. The Hall–Kier alpha value is -0.570. The molecule has 1 saturated heterocycles. The lowest BCUT2D eigenvalue weighted by molar-refractivity contribution is -0.146. The van der Waals surface area contributed by atoms with E-state index < -0.39 is 5.97 Å². The van der Waals surface area contributed by atoms with Crippen molar-refractivity contribution < 1.29 is 9.90 Å². The molecular formula is C16H29NO2. The zero-order valence-electron chi connectivity index (χ0n) is 12.7. The van der Waals surface area contributed by atoms with Gasteiger partial charge in [0.2, 0.25) is 0 Å². The maximum absolute atomic E-state index is 11.4. The summed E-state index contributed by atoms with van der Waals surface area (Å²) in [5.41, 5.74) is 0.402. The molecule has 0 amide bonds. The Morgan fingerprint density at radius 2 is 1.68 bits per heavy atom. The van der Waals surface area contributed by atoms with Gasteiger partial charge < -0.3 is 5.11 Å². The van der Waals surface area contributed by atoms with Crippen LogP contribution < -0.4 is 0 Å². The predicted molar refractivity (Wildman–Crippen MR) is 77.2 cm³/mol. The number of carbonyl (C=O) groups is 1. The normalized spacial score (nSPS) is 34.2.